The summed E-state index contributed by atoms with van der Waals surface area (Å²) in [5.74, 6) is 1.07. The van der Waals surface area contributed by atoms with Crippen molar-refractivity contribution in [2.24, 2.45) is 0 Å². The first kappa shape index (κ1) is 28.3. The minimum absolute atomic E-state index is 0.0141. The number of aromatic carboxylic acids is 1. The monoisotopic (exact) mass is 591 g/mol. The number of hydrogen-bond donors (Lipinski definition) is 1. The van der Waals surface area contributed by atoms with Gasteiger partial charge in [0.05, 0.1) is 41.2 Å². The Hall–Kier alpha value is -4.43. The predicted octanol–water partition coefficient (Wildman–Crippen LogP) is 7.34. The Balaban J connectivity index is 1.41. The SMILES string of the molecule is Cc1cc(-c2ccc3cc(-c4c(C5CCCCC5)c5ccc(C(=O)O)cc5n4CC(=O)N4CCOCC4)ccc3n2)c(C)o1. The van der Waals surface area contributed by atoms with Gasteiger partial charge in [-0.15, -0.1) is 0 Å². The molecule has 1 saturated carbocycles. The molecule has 1 N–H and O–H groups in total. The van der Waals surface area contributed by atoms with Crippen LogP contribution in [0.25, 0.3) is 44.3 Å². The molecule has 0 spiro atoms. The van der Waals surface area contributed by atoms with Crippen molar-refractivity contribution < 1.29 is 23.8 Å². The average molecular weight is 592 g/mol. The number of furan rings is 1. The number of carboxylic acid groups (broad SMARTS) is 1. The minimum atomic E-state index is -0.976. The zero-order chi connectivity index (χ0) is 30.4. The molecule has 0 radical (unpaired) electrons. The first-order chi connectivity index (χ1) is 21.4. The minimum Gasteiger partial charge on any atom is -0.478 e. The number of hydrogen-bond acceptors (Lipinski definition) is 5. The van der Waals surface area contributed by atoms with Crippen molar-refractivity contribution in [3.8, 4) is 22.5 Å². The molecule has 226 valence electrons. The summed E-state index contributed by atoms with van der Waals surface area (Å²) >= 11 is 0. The second-order valence-corrected chi connectivity index (χ2v) is 12.1. The number of rotatable bonds is 6. The van der Waals surface area contributed by atoms with E-state index in [-0.39, 0.29) is 18.0 Å². The zero-order valence-electron chi connectivity index (χ0n) is 25.3. The van der Waals surface area contributed by atoms with Gasteiger partial charge in [0.15, 0.2) is 0 Å². The van der Waals surface area contributed by atoms with Gasteiger partial charge in [0.25, 0.3) is 0 Å². The van der Waals surface area contributed by atoms with E-state index in [0.717, 1.165) is 81.5 Å². The van der Waals surface area contributed by atoms with Gasteiger partial charge in [-0.25, -0.2) is 9.78 Å². The van der Waals surface area contributed by atoms with Crippen LogP contribution in [0.3, 0.4) is 0 Å². The lowest BCUT2D eigenvalue weighted by Crippen LogP contribution is -2.42. The maximum atomic E-state index is 13.7. The van der Waals surface area contributed by atoms with E-state index in [4.69, 9.17) is 14.1 Å². The number of carbonyl (C=O) groups is 2. The van der Waals surface area contributed by atoms with Gasteiger partial charge in [-0.05, 0) is 80.1 Å². The lowest BCUT2D eigenvalue weighted by Gasteiger charge is -2.28. The summed E-state index contributed by atoms with van der Waals surface area (Å²) < 4.78 is 13.3. The van der Waals surface area contributed by atoms with Crippen LogP contribution in [0.4, 0.5) is 0 Å². The van der Waals surface area contributed by atoms with Crippen LogP contribution < -0.4 is 0 Å². The van der Waals surface area contributed by atoms with Gasteiger partial charge in [-0.2, -0.15) is 0 Å². The number of morpholine rings is 1. The number of amides is 1. The molecule has 44 heavy (non-hydrogen) atoms. The van der Waals surface area contributed by atoms with Gasteiger partial charge < -0.3 is 23.7 Å². The molecular weight excluding hydrogens is 554 g/mol. The summed E-state index contributed by atoms with van der Waals surface area (Å²) in [5, 5.41) is 11.9. The number of nitrogens with zero attached hydrogens (tertiary/aromatic N) is 3. The third-order valence-electron chi connectivity index (χ3n) is 9.30. The van der Waals surface area contributed by atoms with Crippen LogP contribution in [0.2, 0.25) is 0 Å². The zero-order valence-corrected chi connectivity index (χ0v) is 25.3. The predicted molar refractivity (Wildman–Crippen MR) is 170 cm³/mol. The maximum Gasteiger partial charge on any atom is 0.335 e. The summed E-state index contributed by atoms with van der Waals surface area (Å²) in [6.45, 7) is 6.20. The molecule has 2 aromatic carbocycles. The molecule has 7 rings (SSSR count). The van der Waals surface area contributed by atoms with E-state index >= 15 is 0 Å². The standard InChI is InChI=1S/C36H37N3O5/c1-22-18-29(23(2)44-22)31-13-9-25-19-26(10-12-30(25)37-31)35-34(24-6-4-3-5-7-24)28-11-8-27(36(41)42)20-32(28)39(35)21-33(40)38-14-16-43-17-15-38/h8-13,18-20,24H,3-7,14-17,21H2,1-2H3,(H,41,42). The van der Waals surface area contributed by atoms with Gasteiger partial charge in [0, 0.05) is 29.4 Å². The topological polar surface area (TPSA) is 97.8 Å². The van der Waals surface area contributed by atoms with Crippen molar-refractivity contribution >= 4 is 33.7 Å². The molecule has 3 aromatic heterocycles. The Morgan fingerprint density at radius 2 is 1.75 bits per heavy atom. The number of carbonyl (C=O) groups excluding carboxylic acids is 1. The first-order valence-corrected chi connectivity index (χ1v) is 15.6. The lowest BCUT2D eigenvalue weighted by molar-refractivity contribution is -0.135. The number of aryl methyl sites for hydroxylation is 2. The van der Waals surface area contributed by atoms with Gasteiger partial charge in [-0.1, -0.05) is 37.5 Å². The Morgan fingerprint density at radius 1 is 0.955 bits per heavy atom. The Labute approximate surface area is 256 Å². The van der Waals surface area contributed by atoms with E-state index in [0.29, 0.717) is 32.2 Å². The molecule has 1 aliphatic carbocycles. The van der Waals surface area contributed by atoms with E-state index < -0.39 is 5.97 Å². The van der Waals surface area contributed by atoms with Gasteiger partial charge in [0.2, 0.25) is 5.91 Å². The highest BCUT2D eigenvalue weighted by Crippen LogP contribution is 2.45. The van der Waals surface area contributed by atoms with E-state index in [1.54, 1.807) is 12.1 Å². The number of pyridine rings is 1. The first-order valence-electron chi connectivity index (χ1n) is 15.6. The highest BCUT2D eigenvalue weighted by atomic mass is 16.5. The molecule has 8 nitrogen and oxygen atoms in total. The lowest BCUT2D eigenvalue weighted by atomic mass is 9.81. The average Bonchev–Trinajstić information content (AvgIpc) is 3.56. The fourth-order valence-corrected chi connectivity index (χ4v) is 7.15. The molecule has 1 saturated heterocycles. The van der Waals surface area contributed by atoms with Crippen molar-refractivity contribution in [2.75, 3.05) is 26.3 Å². The molecule has 0 unspecified atom stereocenters. The van der Waals surface area contributed by atoms with Crippen LogP contribution in [0.1, 0.15) is 65.5 Å². The molecule has 0 atom stereocenters. The van der Waals surface area contributed by atoms with Crippen molar-refractivity contribution in [1.29, 1.82) is 0 Å². The molecule has 4 heterocycles. The second kappa shape index (κ2) is 11.6. The molecule has 5 aromatic rings. The van der Waals surface area contributed by atoms with Crippen LogP contribution in [0, 0.1) is 13.8 Å². The number of benzene rings is 2. The van der Waals surface area contributed by atoms with Gasteiger partial charge in [0.1, 0.15) is 18.1 Å². The molecule has 2 fully saturated rings. The quantitative estimate of drug-likeness (QED) is 0.222. The fourth-order valence-electron chi connectivity index (χ4n) is 7.15. The van der Waals surface area contributed by atoms with Crippen LogP contribution in [0.15, 0.2) is 59.0 Å². The maximum absolute atomic E-state index is 13.7. The Kier molecular flexibility index (Phi) is 7.46. The Bertz CT molecular complexity index is 1890. The second-order valence-electron chi connectivity index (χ2n) is 12.1. The van der Waals surface area contributed by atoms with Crippen molar-refractivity contribution in [2.45, 2.75) is 58.4 Å². The number of aromatic nitrogens is 2. The van der Waals surface area contributed by atoms with Crippen molar-refractivity contribution in [1.82, 2.24) is 14.5 Å². The molecular formula is C36H37N3O5. The molecule has 0 bridgehead atoms. The number of carboxylic acids is 1. The van der Waals surface area contributed by atoms with Crippen LogP contribution >= 0.6 is 0 Å². The van der Waals surface area contributed by atoms with E-state index in [9.17, 15) is 14.7 Å². The highest BCUT2D eigenvalue weighted by Gasteiger charge is 2.29. The van der Waals surface area contributed by atoms with Crippen LogP contribution in [-0.4, -0.2) is 57.7 Å². The Morgan fingerprint density at radius 3 is 2.48 bits per heavy atom. The molecule has 1 amide bonds. The van der Waals surface area contributed by atoms with Crippen molar-refractivity contribution in [3.05, 3.63) is 77.2 Å². The number of fused-ring (bicyclic) bond motifs is 2. The highest BCUT2D eigenvalue weighted by molar-refractivity contribution is 6.00. The van der Waals surface area contributed by atoms with E-state index in [1.165, 1.54) is 12.0 Å². The summed E-state index contributed by atoms with van der Waals surface area (Å²) in [4.78, 5) is 32.6. The molecule has 2 aliphatic rings. The molecule has 1 aliphatic heterocycles. The molecule has 8 heteroatoms. The third kappa shape index (κ3) is 5.17. The summed E-state index contributed by atoms with van der Waals surface area (Å²) in [6, 6.07) is 17.8. The largest absolute Gasteiger partial charge is 0.478 e. The fraction of sp³-hybridized carbons (Fsp3) is 0.361. The van der Waals surface area contributed by atoms with Crippen LogP contribution in [0.5, 0.6) is 0 Å². The smallest absolute Gasteiger partial charge is 0.335 e. The normalized spacial score (nSPS) is 16.2. The van der Waals surface area contributed by atoms with Crippen LogP contribution in [-0.2, 0) is 16.1 Å². The van der Waals surface area contributed by atoms with E-state index in [2.05, 4.69) is 28.8 Å². The number of ether oxygens (including phenoxy) is 1. The summed E-state index contributed by atoms with van der Waals surface area (Å²) in [7, 11) is 0. The summed E-state index contributed by atoms with van der Waals surface area (Å²) in [6.07, 6.45) is 5.70. The third-order valence-corrected chi connectivity index (χ3v) is 9.30. The van der Waals surface area contributed by atoms with Gasteiger partial charge >= 0.3 is 5.97 Å². The summed E-state index contributed by atoms with van der Waals surface area (Å²) in [5.41, 5.74) is 6.98. The van der Waals surface area contributed by atoms with Crippen molar-refractivity contribution in [3.63, 3.8) is 0 Å². The van der Waals surface area contributed by atoms with Gasteiger partial charge in [-0.3, -0.25) is 4.79 Å². The van der Waals surface area contributed by atoms with E-state index in [1.807, 2.05) is 36.9 Å².